The molecule has 0 bridgehead atoms. The van der Waals surface area contributed by atoms with Crippen molar-refractivity contribution in [1.82, 2.24) is 19.7 Å². The number of aromatic nitrogens is 3. The van der Waals surface area contributed by atoms with E-state index in [-0.39, 0.29) is 40.9 Å². The highest BCUT2D eigenvalue weighted by atomic mass is 35.5. The molecule has 0 aliphatic rings. The number of likely N-dealkylation sites (N-methyl/N-ethyl adjacent to an activating group) is 1. The van der Waals surface area contributed by atoms with Gasteiger partial charge in [-0.15, -0.1) is 0 Å². The number of para-hydroxylation sites is 1. The van der Waals surface area contributed by atoms with Crippen LogP contribution in [0.3, 0.4) is 0 Å². The van der Waals surface area contributed by atoms with E-state index in [2.05, 4.69) is 15.4 Å². The molecule has 0 radical (unpaired) electrons. The first-order chi connectivity index (χ1) is 14.7. The molecule has 1 atom stereocenters. The number of rotatable bonds is 8. The number of hydrogen-bond donors (Lipinski definition) is 2. The van der Waals surface area contributed by atoms with Gasteiger partial charge in [-0.1, -0.05) is 35.3 Å². The smallest absolute Gasteiger partial charge is 0.238 e. The summed E-state index contributed by atoms with van der Waals surface area (Å²) in [5.74, 6) is -2.13. The topological polar surface area (TPSA) is 83.3 Å². The van der Waals surface area contributed by atoms with Crippen LogP contribution in [0, 0.1) is 11.6 Å². The normalized spacial score (nSPS) is 13.3. The second-order valence-electron chi connectivity index (χ2n) is 7.07. The van der Waals surface area contributed by atoms with Crippen LogP contribution in [0.2, 0.25) is 10.0 Å². The van der Waals surface area contributed by atoms with Gasteiger partial charge >= 0.3 is 0 Å². The number of benzene rings is 2. The van der Waals surface area contributed by atoms with Gasteiger partial charge in [-0.3, -0.25) is 9.69 Å². The van der Waals surface area contributed by atoms with Gasteiger partial charge in [0.15, 0.2) is 0 Å². The maximum Gasteiger partial charge on any atom is 0.238 e. The average Bonchev–Trinajstić information content (AvgIpc) is 3.17. The summed E-state index contributed by atoms with van der Waals surface area (Å²) in [4.78, 5) is 17.8. The molecule has 164 valence electrons. The molecule has 3 aromatic rings. The molecule has 3 rings (SSSR count). The number of carbonyl (C=O) groups is 1. The molecule has 0 spiro atoms. The Morgan fingerprint density at radius 1 is 1.26 bits per heavy atom. The Morgan fingerprint density at radius 3 is 2.58 bits per heavy atom. The molecule has 11 heteroatoms. The number of aliphatic hydroxyl groups is 1. The van der Waals surface area contributed by atoms with E-state index in [1.807, 2.05) is 0 Å². The van der Waals surface area contributed by atoms with Crippen LogP contribution < -0.4 is 5.32 Å². The number of nitrogens with zero attached hydrogens (tertiary/aromatic N) is 4. The van der Waals surface area contributed by atoms with Crippen LogP contribution in [-0.2, 0) is 16.9 Å². The average molecular weight is 470 g/mol. The van der Waals surface area contributed by atoms with Crippen molar-refractivity contribution in [3.05, 3.63) is 76.3 Å². The number of nitrogens with one attached hydrogen (secondary N) is 1. The molecule has 7 nitrogen and oxygen atoms in total. The first-order valence-corrected chi connectivity index (χ1v) is 9.86. The van der Waals surface area contributed by atoms with Crippen molar-refractivity contribution >= 4 is 34.8 Å². The lowest BCUT2D eigenvalue weighted by Crippen LogP contribution is -2.45. The van der Waals surface area contributed by atoms with Gasteiger partial charge in [0.2, 0.25) is 5.91 Å². The predicted octanol–water partition coefficient (Wildman–Crippen LogP) is 3.32. The number of amides is 1. The highest BCUT2D eigenvalue weighted by Gasteiger charge is 2.35. The summed E-state index contributed by atoms with van der Waals surface area (Å²) in [7, 11) is 1.57. The Morgan fingerprint density at radius 2 is 1.97 bits per heavy atom. The summed E-state index contributed by atoms with van der Waals surface area (Å²) >= 11 is 12.1. The van der Waals surface area contributed by atoms with E-state index in [1.54, 1.807) is 25.2 Å². The van der Waals surface area contributed by atoms with E-state index in [0.717, 1.165) is 6.07 Å². The van der Waals surface area contributed by atoms with E-state index >= 15 is 0 Å². The third-order valence-corrected chi connectivity index (χ3v) is 5.12. The number of halogens is 4. The summed E-state index contributed by atoms with van der Waals surface area (Å²) in [6.07, 6.45) is 2.63. The monoisotopic (exact) mass is 469 g/mol. The summed E-state index contributed by atoms with van der Waals surface area (Å²) in [6, 6.07) is 7.72. The van der Waals surface area contributed by atoms with Gasteiger partial charge in [0, 0.05) is 18.2 Å². The Labute approximate surface area is 187 Å². The van der Waals surface area contributed by atoms with Crippen molar-refractivity contribution in [2.45, 2.75) is 12.1 Å². The van der Waals surface area contributed by atoms with Crippen molar-refractivity contribution in [2.75, 3.05) is 25.5 Å². The summed E-state index contributed by atoms with van der Waals surface area (Å²) < 4.78 is 29.2. The van der Waals surface area contributed by atoms with Crippen LogP contribution in [0.25, 0.3) is 0 Å². The van der Waals surface area contributed by atoms with Crippen LogP contribution in [-0.4, -0.2) is 50.8 Å². The van der Waals surface area contributed by atoms with E-state index in [9.17, 15) is 18.7 Å². The zero-order valence-corrected chi connectivity index (χ0v) is 17.9. The van der Waals surface area contributed by atoms with E-state index in [4.69, 9.17) is 23.2 Å². The quantitative estimate of drug-likeness (QED) is 0.528. The SMILES string of the molecule is CN(CC(=O)Nc1c(Cl)cccc1Cl)CC(O)(Cn1cncn1)c1ccc(F)cc1F. The molecule has 0 saturated carbocycles. The number of hydrogen-bond acceptors (Lipinski definition) is 5. The molecule has 0 aliphatic carbocycles. The van der Waals surface area contributed by atoms with E-state index < -0.39 is 23.1 Å². The van der Waals surface area contributed by atoms with Gasteiger partial charge in [-0.25, -0.2) is 18.4 Å². The first kappa shape index (κ1) is 23.1. The van der Waals surface area contributed by atoms with Crippen molar-refractivity contribution in [1.29, 1.82) is 0 Å². The summed E-state index contributed by atoms with van der Waals surface area (Å²) in [5, 5.41) is 18.4. The molecule has 0 saturated heterocycles. The van der Waals surface area contributed by atoms with Crippen molar-refractivity contribution in [2.24, 2.45) is 0 Å². The fraction of sp³-hybridized carbons (Fsp3) is 0.250. The lowest BCUT2D eigenvalue weighted by molar-refractivity contribution is -0.118. The third kappa shape index (κ3) is 5.76. The Hall–Kier alpha value is -2.59. The van der Waals surface area contributed by atoms with E-state index in [1.165, 1.54) is 28.3 Å². The number of carbonyl (C=O) groups excluding carboxylic acids is 1. The van der Waals surface area contributed by atoms with E-state index in [0.29, 0.717) is 6.07 Å². The van der Waals surface area contributed by atoms with Gasteiger partial charge in [0.25, 0.3) is 0 Å². The first-order valence-electron chi connectivity index (χ1n) is 9.11. The molecular weight excluding hydrogens is 451 g/mol. The zero-order valence-electron chi connectivity index (χ0n) is 16.4. The van der Waals surface area contributed by atoms with Gasteiger partial charge < -0.3 is 10.4 Å². The maximum absolute atomic E-state index is 14.5. The molecule has 1 amide bonds. The Bertz CT molecular complexity index is 1050. The Balaban J connectivity index is 1.78. The molecule has 0 aliphatic heterocycles. The van der Waals surface area contributed by atoms with Gasteiger partial charge in [-0.2, -0.15) is 5.10 Å². The van der Waals surface area contributed by atoms with Gasteiger partial charge in [0.1, 0.15) is 29.9 Å². The minimum absolute atomic E-state index is 0.134. The molecule has 0 fully saturated rings. The minimum atomic E-state index is -1.83. The van der Waals surface area contributed by atoms with Crippen LogP contribution in [0.4, 0.5) is 14.5 Å². The van der Waals surface area contributed by atoms with Crippen molar-refractivity contribution < 1.29 is 18.7 Å². The fourth-order valence-electron chi connectivity index (χ4n) is 3.21. The zero-order chi connectivity index (χ0) is 22.6. The van der Waals surface area contributed by atoms with Crippen LogP contribution in [0.5, 0.6) is 0 Å². The van der Waals surface area contributed by atoms with Crippen molar-refractivity contribution in [3.8, 4) is 0 Å². The number of anilines is 1. The maximum atomic E-state index is 14.5. The van der Waals surface area contributed by atoms with Gasteiger partial charge in [-0.05, 0) is 25.2 Å². The molecule has 2 N–H and O–H groups in total. The molecule has 1 unspecified atom stereocenters. The molecular formula is C20H19Cl2F2N5O2. The fourth-order valence-corrected chi connectivity index (χ4v) is 3.71. The summed E-state index contributed by atoms with van der Waals surface area (Å²) in [5.41, 5.74) is -1.69. The lowest BCUT2D eigenvalue weighted by atomic mass is 9.92. The second-order valence-corrected chi connectivity index (χ2v) is 7.88. The highest BCUT2D eigenvalue weighted by Crippen LogP contribution is 2.30. The third-order valence-electron chi connectivity index (χ3n) is 4.49. The van der Waals surface area contributed by atoms with Crippen LogP contribution in [0.15, 0.2) is 49.1 Å². The molecule has 2 aromatic carbocycles. The minimum Gasteiger partial charge on any atom is -0.382 e. The van der Waals surface area contributed by atoms with Crippen LogP contribution >= 0.6 is 23.2 Å². The second kappa shape index (κ2) is 9.69. The predicted molar refractivity (Wildman–Crippen MR) is 113 cm³/mol. The Kier molecular flexibility index (Phi) is 7.22. The summed E-state index contributed by atoms with van der Waals surface area (Å²) in [6.45, 7) is -0.499. The standard InChI is InChI=1S/C20H19Cl2F2N5O2/c1-28(8-18(30)27-19-15(21)3-2-4-16(19)22)9-20(31,10-29-12-25-11-26-29)14-6-5-13(23)7-17(14)24/h2-7,11-12,31H,8-10H2,1H3,(H,27,30). The molecule has 1 aromatic heterocycles. The van der Waals surface area contributed by atoms with Crippen molar-refractivity contribution in [3.63, 3.8) is 0 Å². The highest BCUT2D eigenvalue weighted by molar-refractivity contribution is 6.39. The largest absolute Gasteiger partial charge is 0.382 e. The molecule has 31 heavy (non-hydrogen) atoms. The van der Waals surface area contributed by atoms with Gasteiger partial charge in [0.05, 0.1) is 28.8 Å². The lowest BCUT2D eigenvalue weighted by Gasteiger charge is -2.33. The molecule has 1 heterocycles. The van der Waals surface area contributed by atoms with Crippen LogP contribution in [0.1, 0.15) is 5.56 Å².